The summed E-state index contributed by atoms with van der Waals surface area (Å²) in [5.41, 5.74) is 6.98. The highest BCUT2D eigenvalue weighted by Crippen LogP contribution is 2.28. The highest BCUT2D eigenvalue weighted by Gasteiger charge is 2.41. The van der Waals surface area contributed by atoms with Gasteiger partial charge in [0.25, 0.3) is 10.1 Å². The largest absolute Gasteiger partial charge is 0.478 e. The number of thiazole rings is 1. The quantitative estimate of drug-likeness (QED) is 0.155. The van der Waals surface area contributed by atoms with Crippen molar-refractivity contribution in [2.75, 3.05) is 18.5 Å². The van der Waals surface area contributed by atoms with Crippen molar-refractivity contribution in [3.05, 3.63) is 82.4 Å². The molecule has 0 spiro atoms. The number of aromatic nitrogens is 1. The molecule has 0 saturated carbocycles. The van der Waals surface area contributed by atoms with Crippen LogP contribution in [0.15, 0.2) is 60.7 Å². The van der Waals surface area contributed by atoms with Gasteiger partial charge in [0.1, 0.15) is 0 Å². The van der Waals surface area contributed by atoms with Gasteiger partial charge in [-0.25, -0.2) is 24.2 Å². The summed E-state index contributed by atoms with van der Waals surface area (Å²) in [5.74, 6) is -5.63. The lowest BCUT2D eigenvalue weighted by Crippen LogP contribution is -2.45. The topological polar surface area (TPSA) is 233 Å². The smallest absolute Gasteiger partial charge is 0.349 e. The van der Waals surface area contributed by atoms with E-state index in [9.17, 15) is 37.8 Å². The number of esters is 2. The molecule has 0 amide bonds. The van der Waals surface area contributed by atoms with Crippen LogP contribution in [-0.4, -0.2) is 83.1 Å². The average Bonchev–Trinajstić information content (AvgIpc) is 3.37. The number of fused-ring (bicyclic) bond motifs is 1. The first-order valence-electron chi connectivity index (χ1n) is 13.6. The number of nitrogen functional groups attached to an aromatic ring is 1. The van der Waals surface area contributed by atoms with Crippen LogP contribution < -0.4 is 11.1 Å². The molecule has 1 aliphatic rings. The number of nitrogens with zero attached hydrogens (tertiary/aromatic N) is 1. The Balaban J connectivity index is 0.000000307. The third-order valence-electron chi connectivity index (χ3n) is 5.89. The number of carboxylic acid groups (broad SMARTS) is 2. The Morgan fingerprint density at radius 3 is 1.80 bits per heavy atom. The summed E-state index contributed by atoms with van der Waals surface area (Å²) < 4.78 is 35.4. The number of carbonyl (C=O) groups is 4. The van der Waals surface area contributed by atoms with E-state index < -0.39 is 46.2 Å². The van der Waals surface area contributed by atoms with E-state index in [-0.39, 0.29) is 11.1 Å². The van der Waals surface area contributed by atoms with E-state index in [2.05, 4.69) is 17.2 Å². The Labute approximate surface area is 264 Å². The molecule has 1 aliphatic carbocycles. The molecule has 2 aromatic carbocycles. The lowest BCUT2D eigenvalue weighted by atomic mass is 9.98. The van der Waals surface area contributed by atoms with Crippen molar-refractivity contribution >= 4 is 50.5 Å². The van der Waals surface area contributed by atoms with Gasteiger partial charge in [0.05, 0.1) is 23.1 Å². The molecule has 1 aromatic heterocycles. The van der Waals surface area contributed by atoms with E-state index in [0.29, 0.717) is 12.3 Å². The number of rotatable bonds is 10. The van der Waals surface area contributed by atoms with Crippen LogP contribution in [-0.2, 0) is 42.0 Å². The van der Waals surface area contributed by atoms with Gasteiger partial charge in [-0.1, -0.05) is 43.3 Å². The first-order valence-corrected chi connectivity index (χ1v) is 16.2. The zero-order valence-electron chi connectivity index (χ0n) is 24.5. The number of aliphatic carboxylic acids is 2. The van der Waals surface area contributed by atoms with Crippen molar-refractivity contribution in [3.8, 4) is 0 Å². The Morgan fingerprint density at radius 1 is 0.956 bits per heavy atom. The Hall–Kier alpha value is -4.38. The zero-order chi connectivity index (χ0) is 33.6. The minimum Gasteiger partial charge on any atom is -0.478 e. The molecule has 0 bridgehead atoms. The summed E-state index contributed by atoms with van der Waals surface area (Å²) in [4.78, 5) is 52.6. The van der Waals surface area contributed by atoms with E-state index in [0.717, 1.165) is 24.5 Å². The Bertz CT molecular complexity index is 1450. The SMILES string of the molecule is CCCN[C@H]1CCc2nc(N)sc2C1.CS(=O)(=O)O.O=C(O[C@H](C(=O)O)[C@H](OC(=O)c1ccccc1)C(=O)O)c1ccccc1. The first-order chi connectivity index (χ1) is 21.2. The molecule has 14 nitrogen and oxygen atoms in total. The third kappa shape index (κ3) is 13.4. The van der Waals surface area contributed by atoms with Crippen molar-refractivity contribution in [2.45, 2.75) is 50.9 Å². The Morgan fingerprint density at radius 2 is 1.40 bits per heavy atom. The number of anilines is 1. The van der Waals surface area contributed by atoms with Gasteiger partial charge in [0, 0.05) is 10.9 Å². The number of nitrogens with one attached hydrogen (secondary N) is 1. The van der Waals surface area contributed by atoms with E-state index in [1.54, 1.807) is 23.5 Å². The molecule has 4 rings (SSSR count). The van der Waals surface area contributed by atoms with Crippen molar-refractivity contribution in [1.29, 1.82) is 0 Å². The molecular formula is C29H35N3O11S2. The van der Waals surface area contributed by atoms with Crippen molar-refractivity contribution in [3.63, 3.8) is 0 Å². The molecule has 6 N–H and O–H groups in total. The number of benzene rings is 2. The molecule has 1 heterocycles. The summed E-state index contributed by atoms with van der Waals surface area (Å²) in [5, 5.41) is 22.8. The van der Waals surface area contributed by atoms with E-state index >= 15 is 0 Å². The summed E-state index contributed by atoms with van der Waals surface area (Å²) in [6, 6.07) is 15.5. The second kappa shape index (κ2) is 17.8. The minimum absolute atomic E-state index is 0.0253. The van der Waals surface area contributed by atoms with Crippen LogP contribution in [0.2, 0.25) is 0 Å². The summed E-state index contributed by atoms with van der Waals surface area (Å²) in [6.45, 7) is 3.32. The third-order valence-corrected chi connectivity index (χ3v) is 6.84. The van der Waals surface area contributed by atoms with E-state index in [1.165, 1.54) is 71.9 Å². The van der Waals surface area contributed by atoms with E-state index in [4.69, 9.17) is 19.8 Å². The van der Waals surface area contributed by atoms with Gasteiger partial charge in [0.2, 0.25) is 12.2 Å². The van der Waals surface area contributed by atoms with Crippen molar-refractivity contribution < 1.29 is 51.8 Å². The molecule has 45 heavy (non-hydrogen) atoms. The number of hydrogen-bond donors (Lipinski definition) is 5. The molecule has 244 valence electrons. The molecule has 0 radical (unpaired) electrons. The number of carbonyl (C=O) groups excluding carboxylic acids is 2. The molecule has 0 fully saturated rings. The molecular weight excluding hydrogens is 630 g/mol. The van der Waals surface area contributed by atoms with Crippen LogP contribution in [0, 0.1) is 0 Å². The maximum Gasteiger partial charge on any atom is 0.349 e. The highest BCUT2D eigenvalue weighted by atomic mass is 32.2. The normalized spacial score (nSPS) is 15.0. The van der Waals surface area contributed by atoms with Crippen LogP contribution in [0.5, 0.6) is 0 Å². The minimum atomic E-state index is -3.67. The zero-order valence-corrected chi connectivity index (χ0v) is 26.1. The fourth-order valence-electron chi connectivity index (χ4n) is 3.92. The number of aryl methyl sites for hydroxylation is 1. The van der Waals surface area contributed by atoms with Gasteiger partial charge in [-0.3, -0.25) is 4.55 Å². The van der Waals surface area contributed by atoms with Crippen LogP contribution in [0.25, 0.3) is 0 Å². The molecule has 0 aliphatic heterocycles. The molecule has 3 aromatic rings. The number of nitrogens with two attached hydrogens (primary N) is 1. The monoisotopic (exact) mass is 665 g/mol. The molecule has 3 atom stereocenters. The van der Waals surface area contributed by atoms with Crippen LogP contribution in [0.4, 0.5) is 5.13 Å². The maximum absolute atomic E-state index is 12.0. The van der Waals surface area contributed by atoms with Gasteiger partial charge in [-0.05, 0) is 56.5 Å². The van der Waals surface area contributed by atoms with Gasteiger partial charge in [-0.15, -0.1) is 11.3 Å². The lowest BCUT2D eigenvalue weighted by Gasteiger charge is -2.21. The second-order valence-corrected chi connectivity index (χ2v) is 12.2. The average molecular weight is 666 g/mol. The molecule has 0 unspecified atom stereocenters. The van der Waals surface area contributed by atoms with Gasteiger partial charge >= 0.3 is 23.9 Å². The van der Waals surface area contributed by atoms with Gasteiger partial charge in [-0.2, -0.15) is 8.42 Å². The van der Waals surface area contributed by atoms with Crippen LogP contribution in [0.3, 0.4) is 0 Å². The fourth-order valence-corrected chi connectivity index (χ4v) is 4.87. The van der Waals surface area contributed by atoms with Gasteiger partial charge < -0.3 is 30.7 Å². The van der Waals surface area contributed by atoms with Crippen LogP contribution >= 0.6 is 11.3 Å². The molecule has 16 heteroatoms. The van der Waals surface area contributed by atoms with Crippen molar-refractivity contribution in [1.82, 2.24) is 10.3 Å². The van der Waals surface area contributed by atoms with Crippen molar-refractivity contribution in [2.24, 2.45) is 0 Å². The van der Waals surface area contributed by atoms with Gasteiger partial charge in [0.15, 0.2) is 5.13 Å². The first kappa shape index (κ1) is 36.8. The highest BCUT2D eigenvalue weighted by molar-refractivity contribution is 7.85. The standard InChI is InChI=1S/C18H14O8.C10H17N3S.CH4O3S/c19-15(20)13(25-17(23)11-7-3-1-4-8-11)14(16(21)22)26-18(24)12-9-5-2-6-10-12;1-2-5-12-7-3-4-8-9(6-7)14-10(11)13-8;1-5(2,3)4/h1-10,13-14H,(H,19,20)(H,21,22);7,12H,2-6H2,1H3,(H2,11,13);1H3,(H,2,3,4)/t13-,14-;7-;/m00./s1. The summed E-state index contributed by atoms with van der Waals surface area (Å²) >= 11 is 1.65. The maximum atomic E-state index is 12.0. The van der Waals surface area contributed by atoms with E-state index in [1.807, 2.05) is 0 Å². The predicted molar refractivity (Wildman–Crippen MR) is 165 cm³/mol. The lowest BCUT2D eigenvalue weighted by molar-refractivity contribution is -0.166. The summed E-state index contributed by atoms with van der Waals surface area (Å²) in [6.07, 6.45) is 0.895. The number of hydrogen-bond acceptors (Lipinski definition) is 12. The second-order valence-electron chi connectivity index (χ2n) is 9.61. The number of ether oxygens (including phenoxy) is 2. The molecule has 0 saturated heterocycles. The predicted octanol–water partition coefficient (Wildman–Crippen LogP) is 2.69. The summed E-state index contributed by atoms with van der Waals surface area (Å²) in [7, 11) is -3.67. The number of carboxylic acids is 2. The fraction of sp³-hybridized carbons (Fsp3) is 0.345. The van der Waals surface area contributed by atoms with Crippen LogP contribution in [0.1, 0.15) is 51.1 Å². The Kier molecular flexibility index (Phi) is 14.6.